The first-order chi connectivity index (χ1) is 6.86. The van der Waals surface area contributed by atoms with E-state index in [2.05, 4.69) is 5.32 Å². The Morgan fingerprint density at radius 1 is 1.43 bits per heavy atom. The van der Waals surface area contributed by atoms with Crippen LogP contribution < -0.4 is 5.32 Å². The Morgan fingerprint density at radius 3 is 2.86 bits per heavy atom. The van der Waals surface area contributed by atoms with Gasteiger partial charge in [-0.3, -0.25) is 0 Å². The third kappa shape index (κ3) is 2.42. The van der Waals surface area contributed by atoms with E-state index < -0.39 is 0 Å². The minimum Gasteiger partial charge on any atom is -0.323 e. The monoisotopic (exact) mass is 228 g/mol. The van der Waals surface area contributed by atoms with Crippen molar-refractivity contribution in [1.82, 2.24) is 4.90 Å². The first-order valence-corrected chi connectivity index (χ1v) is 6.62. The fourth-order valence-electron chi connectivity index (χ4n) is 1.30. The van der Waals surface area contributed by atoms with E-state index in [0.717, 1.165) is 30.3 Å². The van der Waals surface area contributed by atoms with Gasteiger partial charge in [-0.15, -0.1) is 0 Å². The van der Waals surface area contributed by atoms with Crippen LogP contribution in [0.5, 0.6) is 0 Å². The maximum Gasteiger partial charge on any atom is 0.321 e. The summed E-state index contributed by atoms with van der Waals surface area (Å²) in [4.78, 5) is 13.5. The lowest BCUT2D eigenvalue weighted by atomic mass is 10.5. The first-order valence-electron chi connectivity index (χ1n) is 4.52. The molecule has 1 aliphatic rings. The quantitative estimate of drug-likeness (QED) is 0.800. The summed E-state index contributed by atoms with van der Waals surface area (Å²) in [6.45, 7) is 1.72. The van der Waals surface area contributed by atoms with E-state index in [-0.39, 0.29) is 6.03 Å². The fraction of sp³-hybridized carbons (Fsp3) is 0.444. The molecule has 2 rings (SSSR count). The van der Waals surface area contributed by atoms with Gasteiger partial charge in [-0.2, -0.15) is 23.1 Å². The van der Waals surface area contributed by atoms with Gasteiger partial charge in [-0.25, -0.2) is 4.79 Å². The van der Waals surface area contributed by atoms with Crippen molar-refractivity contribution in [2.45, 2.75) is 0 Å². The number of urea groups is 1. The summed E-state index contributed by atoms with van der Waals surface area (Å²) in [6, 6.07) is 1.95. The van der Waals surface area contributed by atoms with Crippen LogP contribution in [0.4, 0.5) is 10.5 Å². The number of carbonyl (C=O) groups is 1. The molecule has 1 aromatic rings. The van der Waals surface area contributed by atoms with Gasteiger partial charge in [0.15, 0.2) is 0 Å². The fourth-order valence-corrected chi connectivity index (χ4v) is 2.80. The number of carbonyl (C=O) groups excluding carboxylic acids is 1. The molecule has 2 amide bonds. The van der Waals surface area contributed by atoms with Gasteiger partial charge in [0.05, 0.1) is 5.69 Å². The molecule has 1 N–H and O–H groups in total. The standard InChI is InChI=1S/C9H12N2OS2/c12-9(10-8-1-4-14-7-8)11-2-5-13-6-3-11/h1,4,7H,2-3,5-6H2,(H,10,12). The maximum atomic E-state index is 11.7. The van der Waals surface area contributed by atoms with Crippen molar-refractivity contribution in [3.05, 3.63) is 16.8 Å². The van der Waals surface area contributed by atoms with Crippen molar-refractivity contribution in [3.8, 4) is 0 Å². The molecule has 0 unspecified atom stereocenters. The van der Waals surface area contributed by atoms with Gasteiger partial charge in [0.25, 0.3) is 0 Å². The molecule has 0 bridgehead atoms. The number of anilines is 1. The zero-order valence-corrected chi connectivity index (χ0v) is 9.37. The molecule has 0 aromatic carbocycles. The molecule has 1 saturated heterocycles. The average Bonchev–Trinajstić information content (AvgIpc) is 2.72. The SMILES string of the molecule is O=C(Nc1ccsc1)N1CCSCC1. The molecule has 0 spiro atoms. The predicted octanol–water partition coefficient (Wildman–Crippen LogP) is 2.33. The van der Waals surface area contributed by atoms with Gasteiger partial charge in [0.2, 0.25) is 0 Å². The molecule has 1 aromatic heterocycles. The Balaban J connectivity index is 1.88. The van der Waals surface area contributed by atoms with Crippen LogP contribution in [-0.4, -0.2) is 35.5 Å². The average molecular weight is 228 g/mol. The summed E-state index contributed by atoms with van der Waals surface area (Å²) in [5.41, 5.74) is 0.901. The number of amides is 2. The molecule has 0 aliphatic carbocycles. The predicted molar refractivity (Wildman–Crippen MR) is 62.2 cm³/mol. The van der Waals surface area contributed by atoms with Crippen LogP contribution in [0.1, 0.15) is 0 Å². The van der Waals surface area contributed by atoms with Crippen LogP contribution in [-0.2, 0) is 0 Å². The number of hydrogen-bond acceptors (Lipinski definition) is 3. The Kier molecular flexibility index (Phi) is 3.31. The van der Waals surface area contributed by atoms with Crippen LogP contribution in [0.25, 0.3) is 0 Å². The molecule has 2 heterocycles. The van der Waals surface area contributed by atoms with E-state index in [0.29, 0.717) is 0 Å². The molecule has 0 radical (unpaired) electrons. The Morgan fingerprint density at radius 2 is 2.21 bits per heavy atom. The zero-order chi connectivity index (χ0) is 9.80. The number of hydrogen-bond donors (Lipinski definition) is 1. The molecular formula is C9H12N2OS2. The van der Waals surface area contributed by atoms with Crippen molar-refractivity contribution < 1.29 is 4.79 Å². The lowest BCUT2D eigenvalue weighted by Crippen LogP contribution is -2.40. The lowest BCUT2D eigenvalue weighted by molar-refractivity contribution is 0.217. The summed E-state index contributed by atoms with van der Waals surface area (Å²) < 4.78 is 0. The molecular weight excluding hydrogens is 216 g/mol. The van der Waals surface area contributed by atoms with Crippen molar-refractivity contribution in [2.75, 3.05) is 29.9 Å². The molecule has 5 heteroatoms. The van der Waals surface area contributed by atoms with Gasteiger partial charge >= 0.3 is 6.03 Å². The van der Waals surface area contributed by atoms with E-state index in [4.69, 9.17) is 0 Å². The van der Waals surface area contributed by atoms with E-state index in [1.54, 1.807) is 11.3 Å². The molecule has 0 saturated carbocycles. The Bertz CT molecular complexity index is 294. The largest absolute Gasteiger partial charge is 0.323 e. The highest BCUT2D eigenvalue weighted by Gasteiger charge is 2.16. The molecule has 14 heavy (non-hydrogen) atoms. The van der Waals surface area contributed by atoms with Crippen LogP contribution in [0.3, 0.4) is 0 Å². The highest BCUT2D eigenvalue weighted by atomic mass is 32.2. The third-order valence-corrected chi connectivity index (χ3v) is 3.70. The smallest absolute Gasteiger partial charge is 0.321 e. The lowest BCUT2D eigenvalue weighted by Gasteiger charge is -2.26. The summed E-state index contributed by atoms with van der Waals surface area (Å²) in [5.74, 6) is 2.11. The van der Waals surface area contributed by atoms with Gasteiger partial charge < -0.3 is 10.2 Å². The second-order valence-electron chi connectivity index (χ2n) is 3.04. The van der Waals surface area contributed by atoms with Gasteiger partial charge in [-0.1, -0.05) is 0 Å². The summed E-state index contributed by atoms with van der Waals surface area (Å²) >= 11 is 3.50. The normalized spacial score (nSPS) is 16.7. The number of rotatable bonds is 1. The summed E-state index contributed by atoms with van der Waals surface area (Å²) in [6.07, 6.45) is 0. The van der Waals surface area contributed by atoms with Crippen molar-refractivity contribution in [2.24, 2.45) is 0 Å². The molecule has 76 valence electrons. The van der Waals surface area contributed by atoms with E-state index >= 15 is 0 Å². The van der Waals surface area contributed by atoms with E-state index in [9.17, 15) is 4.79 Å². The van der Waals surface area contributed by atoms with Crippen molar-refractivity contribution in [3.63, 3.8) is 0 Å². The second kappa shape index (κ2) is 4.70. The van der Waals surface area contributed by atoms with Crippen molar-refractivity contribution >= 4 is 34.8 Å². The summed E-state index contributed by atoms with van der Waals surface area (Å²) in [5, 5.41) is 6.78. The summed E-state index contributed by atoms with van der Waals surface area (Å²) in [7, 11) is 0. The minimum atomic E-state index is 0.0312. The van der Waals surface area contributed by atoms with E-state index in [1.807, 2.05) is 33.5 Å². The van der Waals surface area contributed by atoms with Gasteiger partial charge in [0, 0.05) is 30.0 Å². The maximum absolute atomic E-state index is 11.7. The topological polar surface area (TPSA) is 32.3 Å². The van der Waals surface area contributed by atoms with E-state index in [1.165, 1.54) is 0 Å². The van der Waals surface area contributed by atoms with Gasteiger partial charge in [0.1, 0.15) is 0 Å². The highest BCUT2D eigenvalue weighted by Crippen LogP contribution is 2.14. The molecule has 1 aliphatic heterocycles. The Hall–Kier alpha value is -0.680. The third-order valence-electron chi connectivity index (χ3n) is 2.07. The number of thioether (sulfide) groups is 1. The number of nitrogens with one attached hydrogen (secondary N) is 1. The number of nitrogens with zero attached hydrogens (tertiary/aromatic N) is 1. The second-order valence-corrected chi connectivity index (χ2v) is 5.05. The minimum absolute atomic E-state index is 0.0312. The zero-order valence-electron chi connectivity index (χ0n) is 7.73. The number of thiophene rings is 1. The molecule has 1 fully saturated rings. The Labute approximate surface area is 91.5 Å². The molecule has 3 nitrogen and oxygen atoms in total. The van der Waals surface area contributed by atoms with Crippen molar-refractivity contribution in [1.29, 1.82) is 0 Å². The van der Waals surface area contributed by atoms with Crippen LogP contribution in [0.15, 0.2) is 16.8 Å². The van der Waals surface area contributed by atoms with Crippen LogP contribution in [0.2, 0.25) is 0 Å². The first kappa shape index (κ1) is 9.86. The van der Waals surface area contributed by atoms with Crippen LogP contribution >= 0.6 is 23.1 Å². The van der Waals surface area contributed by atoms with Crippen LogP contribution in [0, 0.1) is 0 Å². The van der Waals surface area contributed by atoms with Gasteiger partial charge in [-0.05, 0) is 11.4 Å². The highest BCUT2D eigenvalue weighted by molar-refractivity contribution is 7.99. The molecule has 0 atom stereocenters.